The molecule has 2 aromatic heterocycles. The van der Waals surface area contributed by atoms with Crippen LogP contribution in [0.25, 0.3) is 17.4 Å². The van der Waals surface area contributed by atoms with Crippen molar-refractivity contribution in [3.63, 3.8) is 0 Å². The Morgan fingerprint density at radius 1 is 1.19 bits per heavy atom. The van der Waals surface area contributed by atoms with Crippen LogP contribution in [-0.4, -0.2) is 35.3 Å². The smallest absolute Gasteiger partial charge is 0.338 e. The summed E-state index contributed by atoms with van der Waals surface area (Å²) in [5, 5.41) is 9.70. The second-order valence-corrected chi connectivity index (χ2v) is 11.8. The Bertz CT molecular complexity index is 1960. The number of thiazole rings is 1. The highest BCUT2D eigenvalue weighted by molar-refractivity contribution is 9.10. The lowest BCUT2D eigenvalue weighted by molar-refractivity contribution is -0.139. The molecule has 1 atom stereocenters. The number of esters is 1. The number of ether oxygens (including phenoxy) is 2. The van der Waals surface area contributed by atoms with Gasteiger partial charge in [-0.25, -0.2) is 14.6 Å². The molecule has 0 saturated carbocycles. The number of furan rings is 1. The molecule has 1 aliphatic heterocycles. The van der Waals surface area contributed by atoms with E-state index in [2.05, 4.69) is 15.9 Å². The van der Waals surface area contributed by atoms with Gasteiger partial charge in [-0.15, -0.1) is 0 Å². The lowest BCUT2D eigenvalue weighted by Gasteiger charge is -2.27. The Hall–Kier alpha value is -3.93. The van der Waals surface area contributed by atoms with Crippen molar-refractivity contribution in [1.82, 2.24) is 4.57 Å². The minimum atomic E-state index is -1.09. The number of hydrogen-bond acceptors (Lipinski definition) is 8. The number of fused-ring (bicyclic) bond motifs is 1. The van der Waals surface area contributed by atoms with Gasteiger partial charge < -0.3 is 19.0 Å². The lowest BCUT2D eigenvalue weighted by atomic mass is 9.93. The standard InChI is InChI=1S/C31H26BrClN2O7S/c1-4-6-22-26(30(39)41-5-2)27(20-14-17(32)8-11-23(20)40-3)35-28(36)25(43-31(35)34-22)15-18-9-12-24(42-18)19-13-16(29(37)38)7-10-21(19)33/h7-15,27H,4-6H2,1-3H3,(H,37,38)/b25-15+/t27-/m1/s1. The molecule has 4 aromatic rings. The average molecular weight is 686 g/mol. The molecule has 12 heteroatoms. The fraction of sp³-hybridized carbons (Fsp3) is 0.226. The molecule has 0 saturated heterocycles. The third kappa shape index (κ3) is 5.97. The maximum atomic E-state index is 14.1. The van der Waals surface area contributed by atoms with E-state index in [1.807, 2.05) is 19.1 Å². The van der Waals surface area contributed by atoms with Gasteiger partial charge in [0.1, 0.15) is 23.3 Å². The zero-order valence-corrected chi connectivity index (χ0v) is 26.5. The van der Waals surface area contributed by atoms with E-state index in [1.165, 1.54) is 41.2 Å². The number of carboxylic acid groups (broad SMARTS) is 1. The number of methoxy groups -OCH3 is 1. The second kappa shape index (κ2) is 12.7. The molecule has 1 N–H and O–H groups in total. The van der Waals surface area contributed by atoms with Crippen molar-refractivity contribution in [2.45, 2.75) is 32.7 Å². The van der Waals surface area contributed by atoms with Gasteiger partial charge in [0, 0.05) is 21.7 Å². The van der Waals surface area contributed by atoms with E-state index < -0.39 is 18.0 Å². The number of halogens is 2. The third-order valence-electron chi connectivity index (χ3n) is 6.76. The summed E-state index contributed by atoms with van der Waals surface area (Å²) in [4.78, 5) is 44.1. The normalized spacial score (nSPS) is 14.8. The van der Waals surface area contributed by atoms with Crippen molar-refractivity contribution in [2.24, 2.45) is 4.99 Å². The van der Waals surface area contributed by atoms with Gasteiger partial charge in [-0.2, -0.15) is 0 Å². The summed E-state index contributed by atoms with van der Waals surface area (Å²) in [6.07, 6.45) is 2.81. The predicted molar refractivity (Wildman–Crippen MR) is 166 cm³/mol. The van der Waals surface area contributed by atoms with E-state index in [4.69, 9.17) is 30.5 Å². The molecule has 0 fully saturated rings. The number of carbonyl (C=O) groups excluding carboxylic acids is 1. The number of hydrogen-bond donors (Lipinski definition) is 1. The maximum Gasteiger partial charge on any atom is 0.338 e. The summed E-state index contributed by atoms with van der Waals surface area (Å²) >= 11 is 11.0. The molecule has 0 unspecified atom stereocenters. The van der Waals surface area contributed by atoms with Crippen molar-refractivity contribution in [3.05, 3.63) is 106 Å². The Labute approximate surface area is 263 Å². The van der Waals surface area contributed by atoms with Crippen molar-refractivity contribution >= 4 is 56.9 Å². The zero-order valence-electron chi connectivity index (χ0n) is 23.4. The van der Waals surface area contributed by atoms with E-state index in [0.29, 0.717) is 54.9 Å². The van der Waals surface area contributed by atoms with Gasteiger partial charge in [0.25, 0.3) is 5.56 Å². The zero-order chi connectivity index (χ0) is 30.8. The third-order valence-corrected chi connectivity index (χ3v) is 8.56. The Kier molecular flexibility index (Phi) is 9.05. The van der Waals surface area contributed by atoms with E-state index in [-0.39, 0.29) is 23.3 Å². The minimum Gasteiger partial charge on any atom is -0.496 e. The summed E-state index contributed by atoms with van der Waals surface area (Å²) in [5.41, 5.74) is 1.53. The first-order valence-electron chi connectivity index (χ1n) is 13.3. The minimum absolute atomic E-state index is 0.0638. The summed E-state index contributed by atoms with van der Waals surface area (Å²) in [7, 11) is 1.53. The monoisotopic (exact) mass is 684 g/mol. The molecule has 0 aliphatic carbocycles. The van der Waals surface area contributed by atoms with Gasteiger partial charge in [0.05, 0.1) is 40.1 Å². The summed E-state index contributed by atoms with van der Waals surface area (Å²) in [5.74, 6) is -0.441. The first-order chi connectivity index (χ1) is 20.7. The molecule has 0 radical (unpaired) electrons. The van der Waals surface area contributed by atoms with Gasteiger partial charge in [-0.1, -0.05) is 52.2 Å². The van der Waals surface area contributed by atoms with Crippen LogP contribution < -0.4 is 19.6 Å². The molecular formula is C31H26BrClN2O7S. The molecule has 1 aliphatic rings. The molecule has 5 rings (SSSR count). The van der Waals surface area contributed by atoms with Crippen molar-refractivity contribution < 1.29 is 28.6 Å². The number of benzene rings is 2. The Morgan fingerprint density at radius 3 is 2.67 bits per heavy atom. The number of allylic oxidation sites excluding steroid dienone is 1. The Balaban J connectivity index is 1.70. The van der Waals surface area contributed by atoms with Crippen LogP contribution in [0, 0.1) is 0 Å². The van der Waals surface area contributed by atoms with Crippen molar-refractivity contribution in [1.29, 1.82) is 0 Å². The second-order valence-electron chi connectivity index (χ2n) is 9.50. The van der Waals surface area contributed by atoms with E-state index in [1.54, 1.807) is 31.2 Å². The fourth-order valence-corrected chi connectivity index (χ4v) is 6.47. The number of nitrogens with zero attached hydrogens (tertiary/aromatic N) is 2. The van der Waals surface area contributed by atoms with Crippen molar-refractivity contribution in [2.75, 3.05) is 13.7 Å². The highest BCUT2D eigenvalue weighted by Gasteiger charge is 2.36. The summed E-state index contributed by atoms with van der Waals surface area (Å²) < 4.78 is 19.7. The van der Waals surface area contributed by atoms with Crippen LogP contribution in [0.4, 0.5) is 0 Å². The SMILES string of the molecule is CCCC1=C(C(=O)OCC)[C@@H](c2cc(Br)ccc2OC)n2c(s/c(=C/c3ccc(-c4cc(C(=O)O)ccc4Cl)o3)c2=O)=N1. The largest absolute Gasteiger partial charge is 0.496 e. The van der Waals surface area contributed by atoms with E-state index >= 15 is 0 Å². The predicted octanol–water partition coefficient (Wildman–Crippen LogP) is 5.96. The molecule has 43 heavy (non-hydrogen) atoms. The van der Waals surface area contributed by atoms with Crippen LogP contribution in [0.2, 0.25) is 5.02 Å². The van der Waals surface area contributed by atoms with Crippen LogP contribution in [-0.2, 0) is 9.53 Å². The molecule has 3 heterocycles. The quantitative estimate of drug-likeness (QED) is 0.216. The van der Waals surface area contributed by atoms with Crippen LogP contribution >= 0.6 is 38.9 Å². The van der Waals surface area contributed by atoms with Crippen LogP contribution in [0.5, 0.6) is 5.75 Å². The highest BCUT2D eigenvalue weighted by Crippen LogP contribution is 2.38. The number of carbonyl (C=O) groups is 2. The topological polar surface area (TPSA) is 120 Å². The first kappa shape index (κ1) is 30.5. The van der Waals surface area contributed by atoms with Gasteiger partial charge >= 0.3 is 11.9 Å². The molecular weight excluding hydrogens is 660 g/mol. The molecule has 0 bridgehead atoms. The van der Waals surface area contributed by atoms with Gasteiger partial charge in [0.2, 0.25) is 0 Å². The van der Waals surface area contributed by atoms with E-state index in [9.17, 15) is 19.5 Å². The van der Waals surface area contributed by atoms with Gasteiger partial charge in [-0.3, -0.25) is 9.36 Å². The van der Waals surface area contributed by atoms with Crippen LogP contribution in [0.3, 0.4) is 0 Å². The molecule has 0 amide bonds. The van der Waals surface area contributed by atoms with Crippen LogP contribution in [0.15, 0.2) is 78.5 Å². The Morgan fingerprint density at radius 2 is 1.98 bits per heavy atom. The molecule has 2 aromatic carbocycles. The van der Waals surface area contributed by atoms with Gasteiger partial charge in [0.15, 0.2) is 4.80 Å². The summed E-state index contributed by atoms with van der Waals surface area (Å²) in [6, 6.07) is 12.2. The number of rotatable bonds is 9. The van der Waals surface area contributed by atoms with E-state index in [0.717, 1.165) is 10.9 Å². The molecule has 9 nitrogen and oxygen atoms in total. The van der Waals surface area contributed by atoms with Gasteiger partial charge in [-0.05, 0) is 61.9 Å². The van der Waals surface area contributed by atoms with Crippen molar-refractivity contribution in [3.8, 4) is 17.1 Å². The number of carboxylic acids is 1. The number of aromatic carboxylic acids is 1. The lowest BCUT2D eigenvalue weighted by Crippen LogP contribution is -2.40. The summed E-state index contributed by atoms with van der Waals surface area (Å²) in [6.45, 7) is 3.88. The first-order valence-corrected chi connectivity index (χ1v) is 15.3. The number of aromatic nitrogens is 1. The molecule has 222 valence electrons. The average Bonchev–Trinajstić information content (AvgIpc) is 3.56. The highest BCUT2D eigenvalue weighted by atomic mass is 79.9. The van der Waals surface area contributed by atoms with Crippen LogP contribution in [0.1, 0.15) is 54.4 Å². The maximum absolute atomic E-state index is 14.1. The fourth-order valence-electron chi connectivity index (χ4n) is 4.89. The molecule has 0 spiro atoms.